The average molecular weight is 346 g/mol. The van der Waals surface area contributed by atoms with Gasteiger partial charge in [0.05, 0.1) is 12.7 Å². The first-order valence-electron chi connectivity index (χ1n) is 8.37. The summed E-state index contributed by atoms with van der Waals surface area (Å²) in [6.07, 6.45) is 3.98. The molecule has 1 aliphatic heterocycles. The highest BCUT2D eigenvalue weighted by molar-refractivity contribution is 6.07. The van der Waals surface area contributed by atoms with E-state index in [0.29, 0.717) is 18.1 Å². The molecule has 4 rings (SSSR count). The van der Waals surface area contributed by atoms with Crippen LogP contribution in [0.1, 0.15) is 15.9 Å². The van der Waals surface area contributed by atoms with Crippen molar-refractivity contribution in [2.45, 2.75) is 6.42 Å². The molecule has 0 atom stereocenters. The Hall–Kier alpha value is -3.41. The Morgan fingerprint density at radius 3 is 2.73 bits per heavy atom. The van der Waals surface area contributed by atoms with Gasteiger partial charge in [0.25, 0.3) is 5.91 Å². The van der Waals surface area contributed by atoms with Crippen LogP contribution in [-0.4, -0.2) is 29.5 Å². The molecule has 0 aliphatic carbocycles. The second-order valence-corrected chi connectivity index (χ2v) is 5.99. The van der Waals surface area contributed by atoms with E-state index in [1.807, 2.05) is 42.5 Å². The molecule has 2 aromatic carbocycles. The quantitative estimate of drug-likeness (QED) is 0.784. The molecule has 0 bridgehead atoms. The Morgan fingerprint density at radius 1 is 1.12 bits per heavy atom. The van der Waals surface area contributed by atoms with Gasteiger partial charge in [-0.15, -0.1) is 0 Å². The van der Waals surface area contributed by atoms with Crippen molar-refractivity contribution in [1.82, 2.24) is 9.97 Å². The number of anilines is 3. The highest BCUT2D eigenvalue weighted by Crippen LogP contribution is 2.28. The third-order valence-corrected chi connectivity index (χ3v) is 4.36. The minimum Gasteiger partial charge on any atom is -0.497 e. The van der Waals surface area contributed by atoms with E-state index in [1.54, 1.807) is 24.4 Å². The number of aromatic nitrogens is 2. The topological polar surface area (TPSA) is 67.3 Å². The summed E-state index contributed by atoms with van der Waals surface area (Å²) in [4.78, 5) is 23.1. The highest BCUT2D eigenvalue weighted by Gasteiger charge is 2.25. The lowest BCUT2D eigenvalue weighted by Crippen LogP contribution is -2.29. The van der Waals surface area contributed by atoms with E-state index in [4.69, 9.17) is 4.74 Å². The van der Waals surface area contributed by atoms with E-state index in [9.17, 15) is 4.79 Å². The van der Waals surface area contributed by atoms with Gasteiger partial charge in [-0.05, 0) is 30.2 Å². The summed E-state index contributed by atoms with van der Waals surface area (Å²) >= 11 is 0. The molecule has 1 N–H and O–H groups in total. The summed E-state index contributed by atoms with van der Waals surface area (Å²) < 4.78 is 5.20. The van der Waals surface area contributed by atoms with E-state index in [2.05, 4.69) is 21.4 Å². The van der Waals surface area contributed by atoms with Gasteiger partial charge in [-0.3, -0.25) is 4.79 Å². The number of nitrogens with zero attached hydrogens (tertiary/aromatic N) is 3. The number of hydrogen-bond acceptors (Lipinski definition) is 5. The number of nitrogens with one attached hydrogen (secondary N) is 1. The van der Waals surface area contributed by atoms with Crippen molar-refractivity contribution >= 4 is 23.2 Å². The van der Waals surface area contributed by atoms with Gasteiger partial charge in [0.2, 0.25) is 5.95 Å². The molecule has 2 heterocycles. The fourth-order valence-corrected chi connectivity index (χ4v) is 3.04. The Bertz CT molecular complexity index is 941. The largest absolute Gasteiger partial charge is 0.497 e. The van der Waals surface area contributed by atoms with Gasteiger partial charge in [0.15, 0.2) is 0 Å². The first kappa shape index (κ1) is 16.1. The van der Waals surface area contributed by atoms with Crippen LogP contribution in [-0.2, 0) is 6.42 Å². The Labute approximate surface area is 151 Å². The fourth-order valence-electron chi connectivity index (χ4n) is 3.04. The van der Waals surface area contributed by atoms with Crippen molar-refractivity contribution in [3.05, 3.63) is 72.1 Å². The van der Waals surface area contributed by atoms with Gasteiger partial charge in [0, 0.05) is 36.4 Å². The monoisotopic (exact) mass is 346 g/mol. The molecule has 0 saturated carbocycles. The van der Waals surface area contributed by atoms with Crippen molar-refractivity contribution in [2.75, 3.05) is 23.9 Å². The molecule has 3 aromatic rings. The van der Waals surface area contributed by atoms with Crippen LogP contribution < -0.4 is 15.0 Å². The van der Waals surface area contributed by atoms with Crippen LogP contribution in [0.2, 0.25) is 0 Å². The third kappa shape index (κ3) is 3.09. The zero-order chi connectivity index (χ0) is 17.9. The molecule has 1 aromatic heterocycles. The standard InChI is InChI=1S/C20H18N4O2/c1-26-17-7-4-6-16(11-17)23-20-21-12-15(13-22-20)19(25)24-10-9-14-5-2-3-8-18(14)24/h2-8,11-13H,9-10H2,1H3,(H,21,22,23). The molecule has 0 unspecified atom stereocenters. The summed E-state index contributed by atoms with van der Waals surface area (Å²) in [6.45, 7) is 0.683. The van der Waals surface area contributed by atoms with Gasteiger partial charge >= 0.3 is 0 Å². The number of carbonyl (C=O) groups is 1. The van der Waals surface area contributed by atoms with E-state index in [0.717, 1.165) is 23.5 Å². The lowest BCUT2D eigenvalue weighted by molar-refractivity contribution is 0.0988. The maximum atomic E-state index is 12.8. The SMILES string of the molecule is COc1cccc(Nc2ncc(C(=O)N3CCc4ccccc43)cn2)c1. The van der Waals surface area contributed by atoms with Crippen molar-refractivity contribution < 1.29 is 9.53 Å². The second kappa shape index (κ2) is 6.84. The predicted molar refractivity (Wildman–Crippen MR) is 100 cm³/mol. The van der Waals surface area contributed by atoms with E-state index < -0.39 is 0 Å². The predicted octanol–water partition coefficient (Wildman–Crippen LogP) is 3.43. The van der Waals surface area contributed by atoms with E-state index >= 15 is 0 Å². The van der Waals surface area contributed by atoms with Crippen LogP contribution >= 0.6 is 0 Å². The zero-order valence-electron chi connectivity index (χ0n) is 14.3. The van der Waals surface area contributed by atoms with Crippen molar-refractivity contribution in [3.8, 4) is 5.75 Å². The van der Waals surface area contributed by atoms with Gasteiger partial charge in [-0.25, -0.2) is 9.97 Å². The molecule has 130 valence electrons. The molecule has 0 spiro atoms. The molecular weight excluding hydrogens is 328 g/mol. The van der Waals surface area contributed by atoms with Gasteiger partial charge < -0.3 is 15.0 Å². The Balaban J connectivity index is 1.50. The number of carbonyl (C=O) groups excluding carboxylic acids is 1. The third-order valence-electron chi connectivity index (χ3n) is 4.36. The molecule has 1 amide bonds. The van der Waals surface area contributed by atoms with Crippen LogP contribution in [0.5, 0.6) is 5.75 Å². The minimum atomic E-state index is -0.0807. The normalized spacial score (nSPS) is 12.6. The molecule has 1 aliphatic rings. The number of fused-ring (bicyclic) bond motifs is 1. The molecular formula is C20H18N4O2. The molecule has 0 fully saturated rings. The van der Waals surface area contributed by atoms with Crippen LogP contribution in [0.15, 0.2) is 60.9 Å². The fraction of sp³-hybridized carbons (Fsp3) is 0.150. The summed E-state index contributed by atoms with van der Waals surface area (Å²) in [6, 6.07) is 15.5. The second-order valence-electron chi connectivity index (χ2n) is 5.99. The molecule has 0 radical (unpaired) electrons. The first-order chi connectivity index (χ1) is 12.7. The first-order valence-corrected chi connectivity index (χ1v) is 8.37. The molecule has 6 nitrogen and oxygen atoms in total. The zero-order valence-corrected chi connectivity index (χ0v) is 14.3. The number of ether oxygens (including phenoxy) is 1. The van der Waals surface area contributed by atoms with Crippen LogP contribution in [0.3, 0.4) is 0 Å². The van der Waals surface area contributed by atoms with Crippen molar-refractivity contribution in [1.29, 1.82) is 0 Å². The smallest absolute Gasteiger partial charge is 0.261 e. The van der Waals surface area contributed by atoms with E-state index in [1.165, 1.54) is 5.56 Å². The maximum absolute atomic E-state index is 12.8. The number of methoxy groups -OCH3 is 1. The molecule has 0 saturated heterocycles. The van der Waals surface area contributed by atoms with Gasteiger partial charge in [-0.2, -0.15) is 0 Å². The summed E-state index contributed by atoms with van der Waals surface area (Å²) in [5.41, 5.74) is 3.45. The summed E-state index contributed by atoms with van der Waals surface area (Å²) in [5, 5.41) is 3.10. The van der Waals surface area contributed by atoms with Crippen LogP contribution in [0, 0.1) is 0 Å². The van der Waals surface area contributed by atoms with Crippen molar-refractivity contribution in [3.63, 3.8) is 0 Å². The summed E-state index contributed by atoms with van der Waals surface area (Å²) in [5.74, 6) is 1.09. The Kier molecular flexibility index (Phi) is 4.23. The highest BCUT2D eigenvalue weighted by atomic mass is 16.5. The van der Waals surface area contributed by atoms with E-state index in [-0.39, 0.29) is 5.91 Å². The van der Waals surface area contributed by atoms with Crippen LogP contribution in [0.4, 0.5) is 17.3 Å². The van der Waals surface area contributed by atoms with Crippen LogP contribution in [0.25, 0.3) is 0 Å². The number of rotatable bonds is 4. The lowest BCUT2D eigenvalue weighted by atomic mass is 10.2. The molecule has 26 heavy (non-hydrogen) atoms. The number of benzene rings is 2. The number of amides is 1. The number of hydrogen-bond donors (Lipinski definition) is 1. The number of para-hydroxylation sites is 1. The maximum Gasteiger partial charge on any atom is 0.261 e. The van der Waals surface area contributed by atoms with Crippen molar-refractivity contribution in [2.24, 2.45) is 0 Å². The van der Waals surface area contributed by atoms with Gasteiger partial charge in [0.1, 0.15) is 5.75 Å². The van der Waals surface area contributed by atoms with Gasteiger partial charge in [-0.1, -0.05) is 24.3 Å². The minimum absolute atomic E-state index is 0.0807. The molecule has 6 heteroatoms. The Morgan fingerprint density at radius 2 is 1.92 bits per heavy atom. The summed E-state index contributed by atoms with van der Waals surface area (Å²) in [7, 11) is 1.62. The average Bonchev–Trinajstić information content (AvgIpc) is 3.12. The lowest BCUT2D eigenvalue weighted by Gasteiger charge is -2.17.